The molecule has 0 saturated heterocycles. The summed E-state index contributed by atoms with van der Waals surface area (Å²) >= 11 is 0. The number of hydrogen-bond acceptors (Lipinski definition) is 3. The average molecular weight is 278 g/mol. The smallest absolute Gasteiger partial charge is 0.122 e. The van der Waals surface area contributed by atoms with E-state index >= 15 is 0 Å². The standard InChI is InChI=1S/C17H30N2O/c1-7-17(8-2,19(4)5)16(18)12-14-11-13(3)9-10-15(14)20-6/h9-11,16H,7-8,12,18H2,1-6H3. The van der Waals surface area contributed by atoms with Crippen molar-refractivity contribution >= 4 is 0 Å². The first-order chi connectivity index (χ1) is 9.41. The van der Waals surface area contributed by atoms with Crippen molar-refractivity contribution in [1.82, 2.24) is 4.90 Å². The Morgan fingerprint density at radius 3 is 2.30 bits per heavy atom. The molecule has 0 aliphatic rings. The van der Waals surface area contributed by atoms with Gasteiger partial charge in [-0.05, 0) is 51.9 Å². The van der Waals surface area contributed by atoms with E-state index in [1.54, 1.807) is 7.11 Å². The molecule has 114 valence electrons. The number of hydrogen-bond donors (Lipinski definition) is 1. The fourth-order valence-corrected chi connectivity index (χ4v) is 3.23. The van der Waals surface area contributed by atoms with Crippen molar-refractivity contribution in [3.05, 3.63) is 29.3 Å². The van der Waals surface area contributed by atoms with E-state index in [1.807, 2.05) is 6.07 Å². The van der Waals surface area contributed by atoms with E-state index in [2.05, 4.69) is 51.9 Å². The van der Waals surface area contributed by atoms with Crippen LogP contribution < -0.4 is 10.5 Å². The Bertz CT molecular complexity index is 425. The van der Waals surface area contributed by atoms with Crippen LogP contribution in [0, 0.1) is 6.92 Å². The molecule has 0 radical (unpaired) electrons. The zero-order valence-electron chi connectivity index (χ0n) is 13.9. The van der Waals surface area contributed by atoms with Crippen LogP contribution in [0.15, 0.2) is 18.2 Å². The van der Waals surface area contributed by atoms with E-state index in [1.165, 1.54) is 11.1 Å². The molecule has 1 unspecified atom stereocenters. The number of methoxy groups -OCH3 is 1. The predicted octanol–water partition coefficient (Wildman–Crippen LogP) is 2.99. The molecule has 1 aromatic rings. The zero-order chi connectivity index (χ0) is 15.3. The number of ether oxygens (including phenoxy) is 1. The second-order valence-corrected chi connectivity index (χ2v) is 5.83. The van der Waals surface area contributed by atoms with Crippen molar-refractivity contribution < 1.29 is 4.74 Å². The van der Waals surface area contributed by atoms with Crippen LogP contribution in [-0.4, -0.2) is 37.7 Å². The van der Waals surface area contributed by atoms with Gasteiger partial charge in [-0.3, -0.25) is 0 Å². The molecule has 1 rings (SSSR count). The van der Waals surface area contributed by atoms with Gasteiger partial charge in [-0.2, -0.15) is 0 Å². The first-order valence-corrected chi connectivity index (χ1v) is 7.47. The summed E-state index contributed by atoms with van der Waals surface area (Å²) in [5.74, 6) is 0.936. The van der Waals surface area contributed by atoms with Crippen LogP contribution in [0.4, 0.5) is 0 Å². The van der Waals surface area contributed by atoms with Gasteiger partial charge in [0.2, 0.25) is 0 Å². The zero-order valence-corrected chi connectivity index (χ0v) is 13.9. The Hall–Kier alpha value is -1.06. The van der Waals surface area contributed by atoms with Crippen LogP contribution in [0.5, 0.6) is 5.75 Å². The molecule has 0 aliphatic heterocycles. The first kappa shape index (κ1) is 17.0. The maximum Gasteiger partial charge on any atom is 0.122 e. The molecular weight excluding hydrogens is 248 g/mol. The second-order valence-electron chi connectivity index (χ2n) is 5.83. The molecule has 0 amide bonds. The number of nitrogens with two attached hydrogens (primary N) is 1. The van der Waals surface area contributed by atoms with E-state index < -0.39 is 0 Å². The number of rotatable bonds is 7. The van der Waals surface area contributed by atoms with Gasteiger partial charge in [0.05, 0.1) is 7.11 Å². The monoisotopic (exact) mass is 278 g/mol. The molecule has 0 fully saturated rings. The molecular formula is C17H30N2O. The average Bonchev–Trinajstić information content (AvgIpc) is 2.40. The van der Waals surface area contributed by atoms with Gasteiger partial charge in [-0.25, -0.2) is 0 Å². The maximum absolute atomic E-state index is 6.58. The first-order valence-electron chi connectivity index (χ1n) is 7.47. The van der Waals surface area contributed by atoms with Gasteiger partial charge in [0.25, 0.3) is 0 Å². The lowest BCUT2D eigenvalue weighted by Gasteiger charge is -2.43. The third-order valence-electron chi connectivity index (χ3n) is 4.68. The van der Waals surface area contributed by atoms with Crippen molar-refractivity contribution in [2.45, 2.75) is 51.6 Å². The lowest BCUT2D eigenvalue weighted by atomic mass is 9.80. The highest BCUT2D eigenvalue weighted by Gasteiger charge is 2.35. The molecule has 1 atom stereocenters. The van der Waals surface area contributed by atoms with Gasteiger partial charge in [-0.15, -0.1) is 0 Å². The van der Waals surface area contributed by atoms with Gasteiger partial charge in [-0.1, -0.05) is 31.5 Å². The molecule has 0 saturated carbocycles. The summed E-state index contributed by atoms with van der Waals surface area (Å²) < 4.78 is 5.47. The van der Waals surface area contributed by atoms with Gasteiger partial charge in [0, 0.05) is 11.6 Å². The van der Waals surface area contributed by atoms with Crippen LogP contribution in [-0.2, 0) is 6.42 Å². The normalized spacial score (nSPS) is 13.6. The highest BCUT2D eigenvalue weighted by atomic mass is 16.5. The maximum atomic E-state index is 6.58. The molecule has 2 N–H and O–H groups in total. The summed E-state index contributed by atoms with van der Waals surface area (Å²) in [4.78, 5) is 2.28. The van der Waals surface area contributed by atoms with Crippen LogP contribution in [0.25, 0.3) is 0 Å². The minimum Gasteiger partial charge on any atom is -0.496 e. The highest BCUT2D eigenvalue weighted by molar-refractivity contribution is 5.37. The van der Waals surface area contributed by atoms with Crippen molar-refractivity contribution in [2.75, 3.05) is 21.2 Å². The Morgan fingerprint density at radius 2 is 1.85 bits per heavy atom. The summed E-state index contributed by atoms with van der Waals surface area (Å²) in [7, 11) is 5.97. The van der Waals surface area contributed by atoms with Gasteiger partial charge >= 0.3 is 0 Å². The largest absolute Gasteiger partial charge is 0.496 e. The summed E-state index contributed by atoms with van der Waals surface area (Å²) in [6.45, 7) is 6.54. The summed E-state index contributed by atoms with van der Waals surface area (Å²) in [5.41, 5.74) is 9.07. The third-order valence-corrected chi connectivity index (χ3v) is 4.68. The molecule has 0 aromatic heterocycles. The van der Waals surface area contributed by atoms with Gasteiger partial charge in [0.1, 0.15) is 5.75 Å². The number of aryl methyl sites for hydroxylation is 1. The fraction of sp³-hybridized carbons (Fsp3) is 0.647. The minimum absolute atomic E-state index is 0.0365. The minimum atomic E-state index is 0.0365. The fourth-order valence-electron chi connectivity index (χ4n) is 3.23. The lowest BCUT2D eigenvalue weighted by Crippen LogP contribution is -2.57. The SMILES string of the molecule is CCC(CC)(C(N)Cc1cc(C)ccc1OC)N(C)C. The molecule has 0 bridgehead atoms. The summed E-state index contributed by atoms with van der Waals surface area (Å²) in [6, 6.07) is 6.38. The summed E-state index contributed by atoms with van der Waals surface area (Å²) in [5, 5.41) is 0. The molecule has 0 heterocycles. The van der Waals surface area contributed by atoms with Crippen molar-refractivity contribution in [3.8, 4) is 5.75 Å². The third kappa shape index (κ3) is 3.33. The summed E-state index contributed by atoms with van der Waals surface area (Å²) in [6.07, 6.45) is 2.93. The molecule has 0 spiro atoms. The number of benzene rings is 1. The predicted molar refractivity (Wildman–Crippen MR) is 86.4 cm³/mol. The molecule has 20 heavy (non-hydrogen) atoms. The molecule has 0 aliphatic carbocycles. The topological polar surface area (TPSA) is 38.5 Å². The molecule has 1 aromatic carbocycles. The molecule has 3 nitrogen and oxygen atoms in total. The van der Waals surface area contributed by atoms with E-state index in [4.69, 9.17) is 10.5 Å². The Kier molecular flexibility index (Phi) is 6.03. The van der Waals surface area contributed by atoms with Crippen LogP contribution >= 0.6 is 0 Å². The van der Waals surface area contributed by atoms with Crippen molar-refractivity contribution in [1.29, 1.82) is 0 Å². The van der Waals surface area contributed by atoms with E-state index in [-0.39, 0.29) is 11.6 Å². The number of nitrogens with zero attached hydrogens (tertiary/aromatic N) is 1. The quantitative estimate of drug-likeness (QED) is 0.833. The van der Waals surface area contributed by atoms with Gasteiger partial charge < -0.3 is 15.4 Å². The van der Waals surface area contributed by atoms with E-state index in [0.29, 0.717) is 0 Å². The van der Waals surface area contributed by atoms with E-state index in [0.717, 1.165) is 25.0 Å². The second kappa shape index (κ2) is 7.09. The van der Waals surface area contributed by atoms with Gasteiger partial charge in [0.15, 0.2) is 0 Å². The van der Waals surface area contributed by atoms with Crippen LogP contribution in [0.3, 0.4) is 0 Å². The van der Waals surface area contributed by atoms with Crippen molar-refractivity contribution in [2.24, 2.45) is 5.73 Å². The van der Waals surface area contributed by atoms with Crippen molar-refractivity contribution in [3.63, 3.8) is 0 Å². The highest BCUT2D eigenvalue weighted by Crippen LogP contribution is 2.29. The Morgan fingerprint density at radius 1 is 1.25 bits per heavy atom. The lowest BCUT2D eigenvalue weighted by molar-refractivity contribution is 0.105. The van der Waals surface area contributed by atoms with E-state index in [9.17, 15) is 0 Å². The van der Waals surface area contributed by atoms with Crippen LogP contribution in [0.2, 0.25) is 0 Å². The Labute approximate surface area is 124 Å². The molecule has 3 heteroatoms. The number of likely N-dealkylation sites (N-methyl/N-ethyl adjacent to an activating group) is 1. The van der Waals surface area contributed by atoms with Crippen LogP contribution in [0.1, 0.15) is 37.8 Å². The Balaban J connectivity index is 3.05.